The lowest BCUT2D eigenvalue weighted by Gasteiger charge is -2.10. The third-order valence-electron chi connectivity index (χ3n) is 3.82. The van der Waals surface area contributed by atoms with Crippen LogP contribution in [0.25, 0.3) is 0 Å². The molecule has 0 aliphatic carbocycles. The second kappa shape index (κ2) is 8.40. The number of nitrogens with one attached hydrogen (secondary N) is 2. The van der Waals surface area contributed by atoms with Gasteiger partial charge in [0.15, 0.2) is 6.39 Å². The summed E-state index contributed by atoms with van der Waals surface area (Å²) in [6.07, 6.45) is -1.48. The number of rotatable bonds is 5. The van der Waals surface area contributed by atoms with Crippen LogP contribution in [0.15, 0.2) is 29.3 Å². The van der Waals surface area contributed by atoms with E-state index < -0.39 is 34.6 Å². The number of carbonyl (C=O) groups excluding carboxylic acids is 2. The van der Waals surface area contributed by atoms with Crippen LogP contribution in [0.5, 0.6) is 0 Å². The quantitative estimate of drug-likeness (QED) is 0.590. The van der Waals surface area contributed by atoms with Crippen molar-refractivity contribution in [2.45, 2.75) is 26.1 Å². The van der Waals surface area contributed by atoms with Gasteiger partial charge in [0, 0.05) is 6.20 Å². The van der Waals surface area contributed by atoms with Gasteiger partial charge in [-0.3, -0.25) is 9.59 Å². The minimum Gasteiger partial charge on any atom is -0.438 e. The molecule has 3 aromatic heterocycles. The van der Waals surface area contributed by atoms with E-state index >= 15 is 0 Å². The van der Waals surface area contributed by atoms with E-state index in [1.807, 2.05) is 0 Å². The third-order valence-corrected chi connectivity index (χ3v) is 5.30. The van der Waals surface area contributed by atoms with Crippen molar-refractivity contribution in [1.29, 1.82) is 0 Å². The van der Waals surface area contributed by atoms with Gasteiger partial charge >= 0.3 is 6.18 Å². The van der Waals surface area contributed by atoms with E-state index in [-0.39, 0.29) is 16.5 Å². The Labute approximate surface area is 176 Å². The molecular formula is C17H13ClF3N5O3S. The predicted molar refractivity (Wildman–Crippen MR) is 101 cm³/mol. The summed E-state index contributed by atoms with van der Waals surface area (Å²) in [6.45, 7) is 3.27. The van der Waals surface area contributed by atoms with Gasteiger partial charge in [-0.25, -0.2) is 15.0 Å². The number of aryl methyl sites for hydroxylation is 1. The summed E-state index contributed by atoms with van der Waals surface area (Å²) in [7, 11) is 0. The highest BCUT2D eigenvalue weighted by Gasteiger charge is 2.34. The summed E-state index contributed by atoms with van der Waals surface area (Å²) in [4.78, 5) is 36.2. The number of pyridine rings is 1. The molecule has 3 heterocycles. The molecule has 3 aromatic rings. The van der Waals surface area contributed by atoms with Crippen LogP contribution in [0.4, 0.5) is 19.0 Å². The Hall–Kier alpha value is -2.99. The van der Waals surface area contributed by atoms with Gasteiger partial charge in [-0.1, -0.05) is 11.6 Å². The molecule has 1 atom stereocenters. The standard InChI is InChI=1S/C17H13ClF3N5O3S/c1-7-13(29-6-24-7)15(28)25-8(2)16-23-5-11(30-16)14(27)26-12-3-9(17(19,20)21)10(18)4-22-12/h3-6,8H,1-2H3,(H,25,28)(H,22,26,27)/t8-/m1/s1. The van der Waals surface area contributed by atoms with Crippen molar-refractivity contribution < 1.29 is 27.2 Å². The van der Waals surface area contributed by atoms with Gasteiger partial charge in [-0.15, -0.1) is 11.3 Å². The number of alkyl halides is 3. The maximum Gasteiger partial charge on any atom is 0.418 e. The second-order valence-corrected chi connectivity index (χ2v) is 7.50. The summed E-state index contributed by atoms with van der Waals surface area (Å²) in [6, 6.07) is 0.0872. The predicted octanol–water partition coefficient (Wildman–Crippen LogP) is 4.25. The number of hydrogen-bond donors (Lipinski definition) is 2. The molecule has 3 rings (SSSR count). The average molecular weight is 460 g/mol. The summed E-state index contributed by atoms with van der Waals surface area (Å²) in [5, 5.41) is 4.77. The normalized spacial score (nSPS) is 12.5. The molecule has 13 heteroatoms. The SMILES string of the molecule is Cc1ncoc1C(=O)N[C@H](C)c1ncc(C(=O)Nc2cc(C(F)(F)F)c(Cl)cn2)s1. The lowest BCUT2D eigenvalue weighted by Crippen LogP contribution is -2.26. The largest absolute Gasteiger partial charge is 0.438 e. The molecule has 0 bridgehead atoms. The van der Waals surface area contributed by atoms with Crippen LogP contribution in [0.3, 0.4) is 0 Å². The fourth-order valence-corrected chi connectivity index (χ4v) is 3.36. The minimum absolute atomic E-state index is 0.0608. The van der Waals surface area contributed by atoms with Crippen LogP contribution >= 0.6 is 22.9 Å². The number of thiazole rings is 1. The molecule has 0 unspecified atom stereocenters. The number of nitrogens with zero attached hydrogens (tertiary/aromatic N) is 3. The molecule has 0 spiro atoms. The van der Waals surface area contributed by atoms with Crippen LogP contribution in [0, 0.1) is 6.92 Å². The van der Waals surface area contributed by atoms with Crippen LogP contribution in [-0.4, -0.2) is 26.8 Å². The van der Waals surface area contributed by atoms with Crippen LogP contribution in [0.2, 0.25) is 5.02 Å². The molecule has 0 aliphatic rings. The van der Waals surface area contributed by atoms with E-state index in [1.165, 1.54) is 6.20 Å². The summed E-state index contributed by atoms with van der Waals surface area (Å²) in [5.41, 5.74) is -0.689. The Morgan fingerprint density at radius 3 is 2.57 bits per heavy atom. The van der Waals surface area contributed by atoms with Crippen molar-refractivity contribution in [3.05, 3.63) is 56.8 Å². The summed E-state index contributed by atoms with van der Waals surface area (Å²) >= 11 is 6.48. The number of halogens is 4. The number of anilines is 1. The highest BCUT2D eigenvalue weighted by molar-refractivity contribution is 7.13. The van der Waals surface area contributed by atoms with Crippen LogP contribution in [-0.2, 0) is 6.18 Å². The lowest BCUT2D eigenvalue weighted by molar-refractivity contribution is -0.137. The van der Waals surface area contributed by atoms with Crippen molar-refractivity contribution in [2.75, 3.05) is 5.32 Å². The van der Waals surface area contributed by atoms with Gasteiger partial charge < -0.3 is 15.1 Å². The van der Waals surface area contributed by atoms with Crippen molar-refractivity contribution in [2.24, 2.45) is 0 Å². The zero-order valence-corrected chi connectivity index (χ0v) is 16.9. The van der Waals surface area contributed by atoms with E-state index in [0.717, 1.165) is 23.9 Å². The number of oxazole rings is 1. The molecular weight excluding hydrogens is 447 g/mol. The first-order valence-corrected chi connectivity index (χ1v) is 9.46. The molecule has 0 fully saturated rings. The van der Waals surface area contributed by atoms with Crippen molar-refractivity contribution in [1.82, 2.24) is 20.3 Å². The Bertz CT molecular complexity index is 1100. The minimum atomic E-state index is -4.69. The maximum atomic E-state index is 12.9. The summed E-state index contributed by atoms with van der Waals surface area (Å²) < 4.78 is 43.8. The van der Waals surface area contributed by atoms with E-state index in [2.05, 4.69) is 25.6 Å². The van der Waals surface area contributed by atoms with Gasteiger partial charge in [-0.2, -0.15) is 13.2 Å². The van der Waals surface area contributed by atoms with Gasteiger partial charge in [0.25, 0.3) is 11.8 Å². The number of amides is 2. The maximum absolute atomic E-state index is 12.9. The molecule has 30 heavy (non-hydrogen) atoms. The Morgan fingerprint density at radius 2 is 1.93 bits per heavy atom. The van der Waals surface area contributed by atoms with E-state index in [1.54, 1.807) is 13.8 Å². The summed E-state index contributed by atoms with van der Waals surface area (Å²) in [5.74, 6) is -1.45. The molecule has 2 amide bonds. The van der Waals surface area contributed by atoms with Gasteiger partial charge in [-0.05, 0) is 19.9 Å². The molecule has 8 nitrogen and oxygen atoms in total. The monoisotopic (exact) mass is 459 g/mol. The number of hydrogen-bond acceptors (Lipinski definition) is 7. The zero-order chi connectivity index (χ0) is 22.1. The average Bonchev–Trinajstić information content (AvgIpc) is 3.31. The topological polar surface area (TPSA) is 110 Å². The van der Waals surface area contributed by atoms with E-state index in [0.29, 0.717) is 16.8 Å². The zero-order valence-electron chi connectivity index (χ0n) is 15.4. The van der Waals surface area contributed by atoms with Gasteiger partial charge in [0.1, 0.15) is 15.7 Å². The first-order chi connectivity index (χ1) is 14.1. The Morgan fingerprint density at radius 1 is 1.20 bits per heavy atom. The van der Waals surface area contributed by atoms with Crippen molar-refractivity contribution in [3.63, 3.8) is 0 Å². The molecule has 0 aromatic carbocycles. The lowest BCUT2D eigenvalue weighted by atomic mass is 10.2. The third kappa shape index (κ3) is 4.76. The Balaban J connectivity index is 1.69. The first kappa shape index (κ1) is 21.7. The fourth-order valence-electron chi connectivity index (χ4n) is 2.34. The van der Waals surface area contributed by atoms with E-state index in [4.69, 9.17) is 16.0 Å². The first-order valence-electron chi connectivity index (χ1n) is 8.27. The molecule has 158 valence electrons. The van der Waals surface area contributed by atoms with Crippen molar-refractivity contribution >= 4 is 40.6 Å². The van der Waals surface area contributed by atoms with Crippen LogP contribution < -0.4 is 10.6 Å². The number of carbonyl (C=O) groups is 2. The smallest absolute Gasteiger partial charge is 0.418 e. The second-order valence-electron chi connectivity index (χ2n) is 6.03. The van der Waals surface area contributed by atoms with E-state index in [9.17, 15) is 22.8 Å². The highest BCUT2D eigenvalue weighted by atomic mass is 35.5. The van der Waals surface area contributed by atoms with Gasteiger partial charge in [0.2, 0.25) is 5.76 Å². The molecule has 0 aliphatic heterocycles. The number of aromatic nitrogens is 3. The Kier molecular flexibility index (Phi) is 6.08. The highest BCUT2D eigenvalue weighted by Crippen LogP contribution is 2.35. The fraction of sp³-hybridized carbons (Fsp3) is 0.235. The molecule has 0 saturated heterocycles. The van der Waals surface area contributed by atoms with Gasteiger partial charge in [0.05, 0.1) is 28.5 Å². The van der Waals surface area contributed by atoms with Crippen LogP contribution in [0.1, 0.15) is 49.5 Å². The molecule has 0 saturated carbocycles. The van der Waals surface area contributed by atoms with Crippen molar-refractivity contribution in [3.8, 4) is 0 Å². The molecule has 0 radical (unpaired) electrons. The molecule has 2 N–H and O–H groups in total.